The summed E-state index contributed by atoms with van der Waals surface area (Å²) in [6, 6.07) is -0.638. The number of hydrogen-bond donors (Lipinski definition) is 6. The molecule has 1 amide bonds. The third kappa shape index (κ3) is 14.0. The molecule has 7 N–H and O–H groups in total. The van der Waals surface area contributed by atoms with Crippen LogP contribution in [-0.2, 0) is 80.8 Å². The molecule has 0 radical (unpaired) electrons. The highest BCUT2D eigenvalue weighted by molar-refractivity contribution is 6.26. The van der Waals surface area contributed by atoms with E-state index >= 15 is 4.79 Å². The first-order chi connectivity index (χ1) is 43.0. The fourth-order valence-corrected chi connectivity index (χ4v) is 16.8. The van der Waals surface area contributed by atoms with Gasteiger partial charge in [0.2, 0.25) is 5.78 Å². The molecule has 19 unspecified atom stereocenters. The zero-order chi connectivity index (χ0) is 65.9. The summed E-state index contributed by atoms with van der Waals surface area (Å²) >= 11 is 0. The molecule has 6 aliphatic heterocycles. The SMILES string of the molecule is COC(=O)NC1C(C)OC(O[C@H]2C/C=C(\C)[C@@H]3C=CC4[C@@H](OC5CC(OC6CCC(OC7CC(O)C(OC8CCC(O)C(C)O8)C(C)O7)C(C)O6)C(OC(C)=O)C(C)O5)[C@@H](C)C[C@H](C)[C@H]4[C@]3(C)C(O)=C3C(=O)O[C@]4(CC(C=O)=C[C@H](O)[C@H]4/C=C\2C)C3=O)CC1(C)N. The van der Waals surface area contributed by atoms with Gasteiger partial charge in [-0.25, -0.2) is 9.59 Å². The fourth-order valence-electron chi connectivity index (χ4n) is 16.8. The van der Waals surface area contributed by atoms with Crippen molar-refractivity contribution in [2.45, 2.75) is 281 Å². The maximum atomic E-state index is 15.6. The topological polar surface area (TPSA) is 324 Å². The van der Waals surface area contributed by atoms with Gasteiger partial charge >= 0.3 is 18.0 Å². The van der Waals surface area contributed by atoms with Gasteiger partial charge in [-0.3, -0.25) is 14.4 Å². The highest BCUT2D eigenvalue weighted by Gasteiger charge is 2.65. The van der Waals surface area contributed by atoms with Crippen LogP contribution in [0.4, 0.5) is 4.79 Å². The van der Waals surface area contributed by atoms with Gasteiger partial charge in [0, 0.05) is 68.2 Å². The van der Waals surface area contributed by atoms with Gasteiger partial charge in [0.05, 0.1) is 86.2 Å². The number of carbonyl (C=O) groups excluding carboxylic acids is 5. The zero-order valence-electron chi connectivity index (χ0n) is 54.8. The van der Waals surface area contributed by atoms with Gasteiger partial charge in [-0.2, -0.15) is 0 Å². The molecule has 2 bridgehead atoms. The Bertz CT molecular complexity index is 2840. The molecule has 1 spiro atoms. The van der Waals surface area contributed by atoms with Crippen LogP contribution in [0.5, 0.6) is 0 Å². The molecule has 0 aromatic carbocycles. The molecule has 4 aliphatic carbocycles. The Kier molecular flexibility index (Phi) is 21.1. The van der Waals surface area contributed by atoms with Crippen molar-refractivity contribution in [2.24, 2.45) is 46.7 Å². The average molecular weight is 1280 g/mol. The fraction of sp³-hybridized carbons (Fsp3) is 0.776. The van der Waals surface area contributed by atoms with Gasteiger partial charge in [0.25, 0.3) is 0 Å². The number of carbonyl (C=O) groups is 5. The van der Waals surface area contributed by atoms with Gasteiger partial charge in [-0.05, 0) is 116 Å². The van der Waals surface area contributed by atoms with E-state index in [1.165, 1.54) is 20.1 Å². The van der Waals surface area contributed by atoms with E-state index in [9.17, 15) is 39.6 Å². The molecule has 6 heterocycles. The number of ketones is 1. The zero-order valence-corrected chi connectivity index (χ0v) is 54.8. The van der Waals surface area contributed by atoms with E-state index in [2.05, 4.69) is 25.2 Å². The lowest BCUT2D eigenvalue weighted by Crippen LogP contribution is -2.66. The largest absolute Gasteiger partial charge is 0.511 e. The predicted molar refractivity (Wildman–Crippen MR) is 322 cm³/mol. The molecule has 6 saturated heterocycles. The van der Waals surface area contributed by atoms with Crippen LogP contribution in [0.2, 0.25) is 0 Å². The molecular weight excluding hydrogens is 1180 g/mol. The number of esters is 2. The Labute approximate surface area is 533 Å². The van der Waals surface area contributed by atoms with Crippen molar-refractivity contribution in [2.75, 3.05) is 7.11 Å². The molecule has 91 heavy (non-hydrogen) atoms. The van der Waals surface area contributed by atoms with E-state index in [0.717, 1.165) is 5.57 Å². The lowest BCUT2D eigenvalue weighted by Gasteiger charge is -2.56. The second kappa shape index (κ2) is 27.7. The summed E-state index contributed by atoms with van der Waals surface area (Å²) in [5.41, 5.74) is 3.19. The number of methoxy groups -OCH3 is 1. The van der Waals surface area contributed by atoms with Crippen LogP contribution in [0, 0.1) is 40.9 Å². The van der Waals surface area contributed by atoms with E-state index in [-0.39, 0.29) is 49.5 Å². The summed E-state index contributed by atoms with van der Waals surface area (Å²) in [6.45, 7) is 22.0. The molecule has 7 fully saturated rings. The van der Waals surface area contributed by atoms with E-state index in [1.807, 2.05) is 39.8 Å². The summed E-state index contributed by atoms with van der Waals surface area (Å²) in [4.78, 5) is 67.9. The number of aliphatic hydroxyl groups excluding tert-OH is 4. The van der Waals surface area contributed by atoms with Crippen molar-refractivity contribution in [1.82, 2.24) is 5.32 Å². The third-order valence-corrected chi connectivity index (χ3v) is 21.4. The van der Waals surface area contributed by atoms with Crippen LogP contribution in [0.25, 0.3) is 0 Å². The minimum absolute atomic E-state index is 0.0473. The second-order valence-corrected chi connectivity index (χ2v) is 28.1. The van der Waals surface area contributed by atoms with Crippen molar-refractivity contribution in [3.63, 3.8) is 0 Å². The Morgan fingerprint density at radius 2 is 1.34 bits per heavy atom. The number of hydrogen-bond acceptors (Lipinski definition) is 23. The Morgan fingerprint density at radius 1 is 0.703 bits per heavy atom. The maximum Gasteiger partial charge on any atom is 0.407 e. The quantitative estimate of drug-likeness (QED) is 0.0402. The van der Waals surface area contributed by atoms with Crippen molar-refractivity contribution in [3.05, 3.63) is 58.4 Å². The molecule has 508 valence electrons. The molecule has 10 rings (SSSR count). The molecule has 1 saturated carbocycles. The normalized spacial score (nSPS) is 48.2. The van der Waals surface area contributed by atoms with Gasteiger partial charge in [-0.1, -0.05) is 50.6 Å². The highest BCUT2D eigenvalue weighted by atomic mass is 16.8. The number of Topliss-reactive ketones (excluding diaryl/α,β-unsaturated/α-hetero) is 1. The monoisotopic (exact) mass is 1280 g/mol. The van der Waals surface area contributed by atoms with Crippen molar-refractivity contribution in [3.8, 4) is 0 Å². The van der Waals surface area contributed by atoms with Crippen LogP contribution in [0.3, 0.4) is 0 Å². The van der Waals surface area contributed by atoms with Crippen molar-refractivity contribution >= 4 is 30.1 Å². The highest BCUT2D eigenvalue weighted by Crippen LogP contribution is 2.61. The molecule has 0 aromatic heterocycles. The number of alkyl carbamates (subject to hydrolysis) is 1. The van der Waals surface area contributed by atoms with Crippen molar-refractivity contribution < 1.29 is 106 Å². The van der Waals surface area contributed by atoms with Crippen LogP contribution in [-0.4, -0.2) is 192 Å². The Morgan fingerprint density at radius 3 is 2.00 bits per heavy atom. The summed E-state index contributed by atoms with van der Waals surface area (Å²) in [7, 11) is 1.26. The first-order valence-corrected chi connectivity index (χ1v) is 32.8. The van der Waals surface area contributed by atoms with E-state index in [1.54, 1.807) is 40.7 Å². The standard InChI is InChI=1S/C67H98N2O22/c1-30-14-18-47(86-54-28-65(11,68)60(38(9)84-54)69-64(78)79-13)31(2)23-43-45(73)24-40(29-70)27-67(43)62(76)55(63(77)91-67)61(75)66(12)42(30)16-15-41-56(66)32(3)22-33(4)57(41)90-53-26-49(59(37(8)83-53)85-39(10)71)88-50-21-19-48(35(6)81-50)87-52-25-46(74)58(36(7)82-52)89-51-20-17-44(72)34(5)80-51/h14-16,23-24,29,32-38,41-54,56-60,72-75H,17-22,25-28,68H2,1-13H3,(H,69,78)/b30-14+,31-23-,61-55?/t32-,33-,34?,35?,36?,37?,38?,41?,42-,43+,44?,45-,46?,47-,48?,49?,50?,51?,52?,53?,54?,56+,57-,58?,59?,60?,65?,66+,67-/m0/s1. The number of fused-ring (bicyclic) bond motifs is 4. The van der Waals surface area contributed by atoms with Gasteiger partial charge in [-0.15, -0.1) is 0 Å². The number of aliphatic hydroxyl groups is 4. The number of rotatable bonds is 13. The molecule has 29 atom stereocenters. The minimum Gasteiger partial charge on any atom is -0.511 e. The smallest absolute Gasteiger partial charge is 0.407 e. The van der Waals surface area contributed by atoms with Crippen LogP contribution >= 0.6 is 0 Å². The number of allylic oxidation sites excluding steroid dienone is 3. The summed E-state index contributed by atoms with van der Waals surface area (Å²) in [6.07, 6.45) is -1.65. The van der Waals surface area contributed by atoms with Crippen LogP contribution < -0.4 is 11.1 Å². The molecular formula is C67H98N2O22. The Hall–Kier alpha value is -4.51. The van der Waals surface area contributed by atoms with Crippen LogP contribution in [0.15, 0.2) is 58.4 Å². The lowest BCUT2D eigenvalue weighted by atomic mass is 9.49. The number of nitrogens with one attached hydrogen (secondary N) is 1. The summed E-state index contributed by atoms with van der Waals surface area (Å²) in [5.74, 6) is -5.95. The van der Waals surface area contributed by atoms with Crippen LogP contribution in [0.1, 0.15) is 147 Å². The summed E-state index contributed by atoms with van der Waals surface area (Å²) in [5, 5.41) is 49.3. The van der Waals surface area contributed by atoms with Gasteiger partial charge < -0.3 is 93.1 Å². The number of ether oxygens (including phenoxy) is 13. The predicted octanol–water partition coefficient (Wildman–Crippen LogP) is 6.04. The van der Waals surface area contributed by atoms with E-state index in [0.29, 0.717) is 44.0 Å². The van der Waals surface area contributed by atoms with E-state index < -0.39 is 198 Å². The number of nitrogens with two attached hydrogens (primary N) is 1. The Balaban J connectivity index is 0.896. The summed E-state index contributed by atoms with van der Waals surface area (Å²) < 4.78 is 82.0. The number of aldehydes is 1. The first-order valence-electron chi connectivity index (χ1n) is 32.8. The molecule has 10 aliphatic rings. The van der Waals surface area contributed by atoms with Gasteiger partial charge in [0.15, 0.2) is 43.2 Å². The first kappa shape index (κ1) is 69.3. The molecule has 24 heteroatoms. The minimum atomic E-state index is -2.13. The lowest BCUT2D eigenvalue weighted by molar-refractivity contribution is -0.331. The van der Waals surface area contributed by atoms with Crippen molar-refractivity contribution in [1.29, 1.82) is 0 Å². The second-order valence-electron chi connectivity index (χ2n) is 28.1. The van der Waals surface area contributed by atoms with E-state index in [4.69, 9.17) is 67.3 Å². The third-order valence-electron chi connectivity index (χ3n) is 21.4. The molecule has 24 nitrogen and oxygen atoms in total. The molecule has 0 aromatic rings. The average Bonchev–Trinajstić information content (AvgIpc) is 1.66. The maximum absolute atomic E-state index is 15.6. The van der Waals surface area contributed by atoms with Gasteiger partial charge in [0.1, 0.15) is 29.8 Å². The number of amides is 1.